The number of nitrogens with zero attached hydrogens (tertiary/aromatic N) is 2. The molecule has 7 heteroatoms. The zero-order valence-corrected chi connectivity index (χ0v) is 13.6. The third-order valence-corrected chi connectivity index (χ3v) is 4.87. The van der Waals surface area contributed by atoms with Crippen molar-refractivity contribution in [3.8, 4) is 5.88 Å². The molecule has 2 rings (SSSR count). The first-order chi connectivity index (χ1) is 9.66. The van der Waals surface area contributed by atoms with Gasteiger partial charge in [-0.15, -0.1) is 0 Å². The summed E-state index contributed by atoms with van der Waals surface area (Å²) in [6, 6.07) is 3.56. The van der Waals surface area contributed by atoms with Gasteiger partial charge in [-0.05, 0) is 39.3 Å². The molecular formula is C14H23N3O3S. The van der Waals surface area contributed by atoms with E-state index in [1.54, 1.807) is 6.07 Å². The molecule has 0 unspecified atom stereocenters. The van der Waals surface area contributed by atoms with Gasteiger partial charge >= 0.3 is 0 Å². The summed E-state index contributed by atoms with van der Waals surface area (Å²) in [7, 11) is -2.93. The average molecular weight is 313 g/mol. The highest BCUT2D eigenvalue weighted by atomic mass is 32.2. The van der Waals surface area contributed by atoms with Crippen LogP contribution in [0.1, 0.15) is 27.2 Å². The lowest BCUT2D eigenvalue weighted by Crippen LogP contribution is -2.29. The largest absolute Gasteiger partial charge is 0.470 e. The number of nitrogen functional groups attached to an aromatic ring is 1. The van der Waals surface area contributed by atoms with Crippen molar-refractivity contribution in [2.75, 3.05) is 35.2 Å². The maximum atomic E-state index is 11.7. The Morgan fingerprint density at radius 2 is 1.95 bits per heavy atom. The number of nitrogens with two attached hydrogens (primary N) is 1. The first-order valence-electron chi connectivity index (χ1n) is 7.07. The highest BCUT2D eigenvalue weighted by molar-refractivity contribution is 7.91. The second-order valence-corrected chi connectivity index (χ2v) is 8.57. The van der Waals surface area contributed by atoms with Crippen LogP contribution >= 0.6 is 0 Å². The fraction of sp³-hybridized carbons (Fsp3) is 0.643. The Labute approximate surface area is 126 Å². The molecule has 0 saturated carbocycles. The van der Waals surface area contributed by atoms with E-state index in [2.05, 4.69) is 4.98 Å². The van der Waals surface area contributed by atoms with E-state index in [0.29, 0.717) is 36.9 Å². The monoisotopic (exact) mass is 313 g/mol. The molecular weight excluding hydrogens is 290 g/mol. The smallest absolute Gasteiger partial charge is 0.239 e. The maximum absolute atomic E-state index is 11.7. The van der Waals surface area contributed by atoms with E-state index in [-0.39, 0.29) is 17.1 Å². The first-order valence-corrected chi connectivity index (χ1v) is 8.89. The predicted molar refractivity (Wildman–Crippen MR) is 84.5 cm³/mol. The molecule has 1 aliphatic rings. The summed E-state index contributed by atoms with van der Waals surface area (Å²) in [4.78, 5) is 6.43. The summed E-state index contributed by atoms with van der Waals surface area (Å²) >= 11 is 0. The third kappa shape index (κ3) is 4.49. The number of sulfone groups is 1. The van der Waals surface area contributed by atoms with Crippen LogP contribution in [-0.2, 0) is 9.84 Å². The summed E-state index contributed by atoms with van der Waals surface area (Å²) in [5, 5.41) is 0. The number of rotatable bonds is 2. The summed E-state index contributed by atoms with van der Waals surface area (Å²) < 4.78 is 29.1. The molecule has 2 N–H and O–H groups in total. The van der Waals surface area contributed by atoms with Crippen LogP contribution in [-0.4, -0.2) is 43.6 Å². The van der Waals surface area contributed by atoms with Gasteiger partial charge in [0, 0.05) is 13.1 Å². The quantitative estimate of drug-likeness (QED) is 0.890. The van der Waals surface area contributed by atoms with Gasteiger partial charge in [0.05, 0.1) is 17.2 Å². The molecule has 0 spiro atoms. The molecule has 6 nitrogen and oxygen atoms in total. The predicted octanol–water partition coefficient (Wildman–Crippen LogP) is 1.47. The number of aromatic nitrogens is 1. The number of anilines is 2. The van der Waals surface area contributed by atoms with Gasteiger partial charge in [-0.1, -0.05) is 0 Å². The van der Waals surface area contributed by atoms with E-state index in [4.69, 9.17) is 10.5 Å². The summed E-state index contributed by atoms with van der Waals surface area (Å²) in [5.74, 6) is 1.51. The molecule has 0 aromatic carbocycles. The lowest BCUT2D eigenvalue weighted by Gasteiger charge is -2.25. The van der Waals surface area contributed by atoms with Crippen molar-refractivity contribution < 1.29 is 13.2 Å². The van der Waals surface area contributed by atoms with Crippen molar-refractivity contribution in [1.29, 1.82) is 0 Å². The molecule has 0 amide bonds. The Morgan fingerprint density at radius 3 is 2.62 bits per heavy atom. The molecule has 0 aliphatic carbocycles. The molecule has 21 heavy (non-hydrogen) atoms. The Kier molecular flexibility index (Phi) is 4.32. The summed E-state index contributed by atoms with van der Waals surface area (Å²) in [5.41, 5.74) is 5.99. The fourth-order valence-electron chi connectivity index (χ4n) is 2.16. The van der Waals surface area contributed by atoms with Crippen LogP contribution in [0.2, 0.25) is 0 Å². The van der Waals surface area contributed by atoms with E-state index < -0.39 is 9.84 Å². The van der Waals surface area contributed by atoms with Crippen molar-refractivity contribution >= 4 is 21.3 Å². The number of hydrogen-bond donors (Lipinski definition) is 1. The van der Waals surface area contributed by atoms with Crippen molar-refractivity contribution in [1.82, 2.24) is 4.98 Å². The molecule has 1 aromatic heterocycles. The van der Waals surface area contributed by atoms with Crippen LogP contribution in [0.5, 0.6) is 5.88 Å². The van der Waals surface area contributed by atoms with E-state index in [1.165, 1.54) is 0 Å². The van der Waals surface area contributed by atoms with Gasteiger partial charge in [-0.2, -0.15) is 4.98 Å². The molecule has 0 atom stereocenters. The summed E-state index contributed by atoms with van der Waals surface area (Å²) in [6.45, 7) is 6.91. The van der Waals surface area contributed by atoms with Crippen molar-refractivity contribution in [2.45, 2.75) is 32.8 Å². The van der Waals surface area contributed by atoms with Crippen molar-refractivity contribution in [2.24, 2.45) is 0 Å². The van der Waals surface area contributed by atoms with Gasteiger partial charge < -0.3 is 15.4 Å². The molecule has 1 aromatic rings. The van der Waals surface area contributed by atoms with Gasteiger partial charge in [0.1, 0.15) is 11.4 Å². The molecule has 118 valence electrons. The van der Waals surface area contributed by atoms with E-state index in [1.807, 2.05) is 31.7 Å². The van der Waals surface area contributed by atoms with Crippen LogP contribution in [0.4, 0.5) is 11.5 Å². The molecule has 1 saturated heterocycles. The lowest BCUT2D eigenvalue weighted by molar-refractivity contribution is 0.125. The zero-order valence-electron chi connectivity index (χ0n) is 12.8. The van der Waals surface area contributed by atoms with E-state index in [9.17, 15) is 8.42 Å². The Hall–Kier alpha value is -1.50. The lowest BCUT2D eigenvalue weighted by atomic mass is 10.2. The first kappa shape index (κ1) is 15.9. The Balaban J connectivity index is 2.22. The van der Waals surface area contributed by atoms with Gasteiger partial charge in [-0.3, -0.25) is 0 Å². The minimum atomic E-state index is -2.93. The second-order valence-electron chi connectivity index (χ2n) is 6.27. The molecule has 1 aliphatic heterocycles. The van der Waals surface area contributed by atoms with Crippen LogP contribution in [0.3, 0.4) is 0 Å². The molecule has 0 bridgehead atoms. The topological polar surface area (TPSA) is 85.5 Å². The average Bonchev–Trinajstić information content (AvgIpc) is 2.51. The Morgan fingerprint density at radius 1 is 1.24 bits per heavy atom. The maximum Gasteiger partial charge on any atom is 0.239 e. The third-order valence-electron chi connectivity index (χ3n) is 3.16. The van der Waals surface area contributed by atoms with Crippen LogP contribution in [0.15, 0.2) is 12.1 Å². The normalized spacial score (nSPS) is 19.1. The number of hydrogen-bond acceptors (Lipinski definition) is 6. The van der Waals surface area contributed by atoms with Crippen molar-refractivity contribution in [3.63, 3.8) is 0 Å². The minimum absolute atomic E-state index is 0.161. The van der Waals surface area contributed by atoms with Crippen molar-refractivity contribution in [3.05, 3.63) is 12.1 Å². The van der Waals surface area contributed by atoms with Gasteiger partial charge in [0.2, 0.25) is 5.88 Å². The van der Waals surface area contributed by atoms with E-state index >= 15 is 0 Å². The summed E-state index contributed by atoms with van der Waals surface area (Å²) in [6.07, 6.45) is 0.615. The fourth-order valence-corrected chi connectivity index (χ4v) is 3.43. The van der Waals surface area contributed by atoms with Crippen LogP contribution < -0.4 is 15.4 Å². The highest BCUT2D eigenvalue weighted by Gasteiger charge is 2.21. The van der Waals surface area contributed by atoms with Gasteiger partial charge in [0.15, 0.2) is 9.84 Å². The van der Waals surface area contributed by atoms with Gasteiger partial charge in [0.25, 0.3) is 0 Å². The molecule has 2 heterocycles. The minimum Gasteiger partial charge on any atom is -0.470 e. The molecule has 1 fully saturated rings. The van der Waals surface area contributed by atoms with E-state index in [0.717, 1.165) is 0 Å². The van der Waals surface area contributed by atoms with Crippen LogP contribution in [0.25, 0.3) is 0 Å². The van der Waals surface area contributed by atoms with Gasteiger partial charge in [-0.25, -0.2) is 8.42 Å². The standard InChI is InChI=1S/C14H23N3O3S/c1-14(2,3)20-13-11(15)5-6-12(16-13)17-7-4-9-21(18,19)10-8-17/h5-6H,4,7-10,15H2,1-3H3. The number of ether oxygens (including phenoxy) is 1. The SMILES string of the molecule is CC(C)(C)Oc1nc(N2CCCS(=O)(=O)CC2)ccc1N. The highest BCUT2D eigenvalue weighted by Crippen LogP contribution is 2.27. The second kappa shape index (κ2) is 5.71. The van der Waals surface area contributed by atoms with Crippen LogP contribution in [0, 0.1) is 0 Å². The zero-order chi connectivity index (χ0) is 15.7. The molecule has 0 radical (unpaired) electrons. The Bertz CT molecular complexity index is 608. The number of pyridine rings is 1.